The Morgan fingerprint density at radius 1 is 1.20 bits per heavy atom. The number of benzene rings is 1. The van der Waals surface area contributed by atoms with Crippen LogP contribution in [0.2, 0.25) is 0 Å². The molecular formula is C12H14O3. The van der Waals surface area contributed by atoms with Gasteiger partial charge in [-0.05, 0) is 18.9 Å². The van der Waals surface area contributed by atoms with Crippen molar-refractivity contribution in [3.8, 4) is 0 Å². The van der Waals surface area contributed by atoms with Gasteiger partial charge in [0, 0.05) is 6.92 Å². The molecule has 3 heteroatoms. The lowest BCUT2D eigenvalue weighted by Crippen LogP contribution is -2.09. The summed E-state index contributed by atoms with van der Waals surface area (Å²) >= 11 is 0. The maximum Gasteiger partial charge on any atom is 0.313 e. The Kier molecular flexibility index (Phi) is 4.03. The zero-order valence-corrected chi connectivity index (χ0v) is 8.95. The van der Waals surface area contributed by atoms with Crippen molar-refractivity contribution < 1.29 is 14.3 Å². The largest absolute Gasteiger partial charge is 0.393 e. The summed E-state index contributed by atoms with van der Waals surface area (Å²) < 4.78 is 4.42. The first-order valence-electron chi connectivity index (χ1n) is 4.84. The number of carbonyl (C=O) groups is 2. The molecule has 0 aliphatic carbocycles. The Bertz CT molecular complexity index is 352. The SMILES string of the molecule is CC(=O)OC(=O)CCc1ccc(C)cc1. The van der Waals surface area contributed by atoms with E-state index in [1.807, 2.05) is 31.2 Å². The normalized spacial score (nSPS) is 9.73. The summed E-state index contributed by atoms with van der Waals surface area (Å²) in [7, 11) is 0. The van der Waals surface area contributed by atoms with Crippen LogP contribution in [0.1, 0.15) is 24.5 Å². The predicted molar refractivity (Wildman–Crippen MR) is 56.3 cm³/mol. The smallest absolute Gasteiger partial charge is 0.313 e. The Morgan fingerprint density at radius 3 is 2.33 bits per heavy atom. The van der Waals surface area contributed by atoms with E-state index >= 15 is 0 Å². The highest BCUT2D eigenvalue weighted by atomic mass is 16.6. The van der Waals surface area contributed by atoms with Crippen molar-refractivity contribution in [1.29, 1.82) is 0 Å². The zero-order chi connectivity index (χ0) is 11.3. The van der Waals surface area contributed by atoms with Crippen LogP contribution < -0.4 is 0 Å². The van der Waals surface area contributed by atoms with Crippen molar-refractivity contribution in [2.45, 2.75) is 26.7 Å². The second-order valence-electron chi connectivity index (χ2n) is 3.45. The zero-order valence-electron chi connectivity index (χ0n) is 8.95. The molecule has 0 fully saturated rings. The van der Waals surface area contributed by atoms with Crippen LogP contribution in [0.5, 0.6) is 0 Å². The fourth-order valence-corrected chi connectivity index (χ4v) is 1.21. The van der Waals surface area contributed by atoms with E-state index < -0.39 is 11.9 Å². The van der Waals surface area contributed by atoms with Crippen LogP contribution in [-0.2, 0) is 20.7 Å². The monoisotopic (exact) mass is 206 g/mol. The molecule has 0 aliphatic rings. The Hall–Kier alpha value is -1.64. The Labute approximate surface area is 89.1 Å². The average Bonchev–Trinajstić information content (AvgIpc) is 2.16. The van der Waals surface area contributed by atoms with Gasteiger partial charge in [-0.1, -0.05) is 29.8 Å². The van der Waals surface area contributed by atoms with E-state index in [1.54, 1.807) is 0 Å². The predicted octanol–water partition coefficient (Wildman–Crippen LogP) is 2.02. The fraction of sp³-hybridized carbons (Fsp3) is 0.333. The lowest BCUT2D eigenvalue weighted by molar-refractivity contribution is -0.157. The number of hydrogen-bond acceptors (Lipinski definition) is 3. The third-order valence-corrected chi connectivity index (χ3v) is 2.00. The molecule has 1 rings (SSSR count). The molecule has 3 nitrogen and oxygen atoms in total. The van der Waals surface area contributed by atoms with E-state index in [4.69, 9.17) is 0 Å². The van der Waals surface area contributed by atoms with Crippen molar-refractivity contribution in [3.63, 3.8) is 0 Å². The minimum Gasteiger partial charge on any atom is -0.393 e. The first kappa shape index (κ1) is 11.4. The third-order valence-electron chi connectivity index (χ3n) is 2.00. The molecule has 1 aromatic carbocycles. The summed E-state index contributed by atoms with van der Waals surface area (Å²) in [4.78, 5) is 21.5. The van der Waals surface area contributed by atoms with Gasteiger partial charge in [-0.2, -0.15) is 0 Å². The summed E-state index contributed by atoms with van der Waals surface area (Å²) in [5.41, 5.74) is 2.26. The van der Waals surface area contributed by atoms with Gasteiger partial charge in [0.1, 0.15) is 0 Å². The van der Waals surface area contributed by atoms with Gasteiger partial charge < -0.3 is 4.74 Å². The van der Waals surface area contributed by atoms with Gasteiger partial charge in [-0.15, -0.1) is 0 Å². The summed E-state index contributed by atoms with van der Waals surface area (Å²) in [5.74, 6) is -1.02. The van der Waals surface area contributed by atoms with Gasteiger partial charge in [0.2, 0.25) is 0 Å². The molecule has 0 saturated heterocycles. The van der Waals surface area contributed by atoms with Crippen LogP contribution in [0.4, 0.5) is 0 Å². The maximum atomic E-state index is 11.1. The van der Waals surface area contributed by atoms with Crippen molar-refractivity contribution >= 4 is 11.9 Å². The van der Waals surface area contributed by atoms with E-state index in [-0.39, 0.29) is 6.42 Å². The van der Waals surface area contributed by atoms with E-state index in [9.17, 15) is 9.59 Å². The summed E-state index contributed by atoms with van der Waals surface area (Å²) in [6.45, 7) is 3.23. The lowest BCUT2D eigenvalue weighted by atomic mass is 10.1. The van der Waals surface area contributed by atoms with Crippen molar-refractivity contribution in [3.05, 3.63) is 35.4 Å². The van der Waals surface area contributed by atoms with Gasteiger partial charge in [-0.25, -0.2) is 0 Å². The van der Waals surface area contributed by atoms with Gasteiger partial charge in [-0.3, -0.25) is 9.59 Å². The van der Waals surface area contributed by atoms with Crippen molar-refractivity contribution in [1.82, 2.24) is 0 Å². The molecule has 0 atom stereocenters. The highest BCUT2D eigenvalue weighted by Crippen LogP contribution is 2.06. The van der Waals surface area contributed by atoms with Gasteiger partial charge >= 0.3 is 11.9 Å². The van der Waals surface area contributed by atoms with Crippen molar-refractivity contribution in [2.24, 2.45) is 0 Å². The molecule has 0 heterocycles. The van der Waals surface area contributed by atoms with Crippen LogP contribution >= 0.6 is 0 Å². The molecule has 0 aliphatic heterocycles. The van der Waals surface area contributed by atoms with Crippen LogP contribution in [-0.4, -0.2) is 11.9 Å². The van der Waals surface area contributed by atoms with E-state index in [1.165, 1.54) is 12.5 Å². The molecule has 0 unspecified atom stereocenters. The quantitative estimate of drug-likeness (QED) is 0.561. The third kappa shape index (κ3) is 4.40. The number of carbonyl (C=O) groups excluding carboxylic acids is 2. The summed E-state index contributed by atoms with van der Waals surface area (Å²) in [6.07, 6.45) is 0.842. The molecular weight excluding hydrogens is 192 g/mol. The summed E-state index contributed by atoms with van der Waals surface area (Å²) in [5, 5.41) is 0. The van der Waals surface area contributed by atoms with Crippen LogP contribution in [0.25, 0.3) is 0 Å². The van der Waals surface area contributed by atoms with E-state index in [0.717, 1.165) is 5.56 Å². The molecule has 15 heavy (non-hydrogen) atoms. The second kappa shape index (κ2) is 5.29. The molecule has 0 bridgehead atoms. The van der Waals surface area contributed by atoms with Gasteiger partial charge in [0.05, 0.1) is 6.42 Å². The Morgan fingerprint density at radius 2 is 1.80 bits per heavy atom. The fourth-order valence-electron chi connectivity index (χ4n) is 1.21. The minimum absolute atomic E-state index is 0.239. The molecule has 1 aromatic rings. The first-order valence-corrected chi connectivity index (χ1v) is 4.84. The first-order chi connectivity index (χ1) is 7.08. The molecule has 80 valence electrons. The lowest BCUT2D eigenvalue weighted by Gasteiger charge is -2.01. The topological polar surface area (TPSA) is 43.4 Å². The minimum atomic E-state index is -0.552. The highest BCUT2D eigenvalue weighted by Gasteiger charge is 2.05. The van der Waals surface area contributed by atoms with Crippen LogP contribution in [0.3, 0.4) is 0 Å². The van der Waals surface area contributed by atoms with Crippen LogP contribution in [0.15, 0.2) is 24.3 Å². The second-order valence-corrected chi connectivity index (χ2v) is 3.45. The molecule has 0 spiro atoms. The Balaban J connectivity index is 2.40. The van der Waals surface area contributed by atoms with Gasteiger partial charge in [0.25, 0.3) is 0 Å². The molecule has 0 saturated carbocycles. The summed E-state index contributed by atoms with van der Waals surface area (Å²) in [6, 6.07) is 7.92. The van der Waals surface area contributed by atoms with Gasteiger partial charge in [0.15, 0.2) is 0 Å². The molecule has 0 N–H and O–H groups in total. The highest BCUT2D eigenvalue weighted by molar-refractivity contribution is 5.84. The molecule has 0 aromatic heterocycles. The van der Waals surface area contributed by atoms with Crippen molar-refractivity contribution in [2.75, 3.05) is 0 Å². The van der Waals surface area contributed by atoms with E-state index in [0.29, 0.717) is 6.42 Å². The van der Waals surface area contributed by atoms with E-state index in [2.05, 4.69) is 4.74 Å². The van der Waals surface area contributed by atoms with Crippen LogP contribution in [0, 0.1) is 6.92 Å². The number of rotatable bonds is 3. The molecule has 0 radical (unpaired) electrons. The number of hydrogen-bond donors (Lipinski definition) is 0. The number of aryl methyl sites for hydroxylation is 2. The standard InChI is InChI=1S/C12H14O3/c1-9-3-5-11(6-4-9)7-8-12(14)15-10(2)13/h3-6H,7-8H2,1-2H3. The maximum absolute atomic E-state index is 11.1. The number of esters is 2. The molecule has 0 amide bonds. The number of ether oxygens (including phenoxy) is 1. The average molecular weight is 206 g/mol.